The van der Waals surface area contributed by atoms with Gasteiger partial charge < -0.3 is 0 Å². The zero-order valence-electron chi connectivity index (χ0n) is 8.26. The fraction of sp³-hybridized carbons (Fsp3) is 0.455. The molecule has 0 spiro atoms. The summed E-state index contributed by atoms with van der Waals surface area (Å²) in [6.45, 7) is 2.13. The van der Waals surface area contributed by atoms with Crippen molar-refractivity contribution in [3.8, 4) is 0 Å². The van der Waals surface area contributed by atoms with Crippen LogP contribution < -0.4 is 11.3 Å². The van der Waals surface area contributed by atoms with Crippen molar-refractivity contribution >= 4 is 15.9 Å². The van der Waals surface area contributed by atoms with Gasteiger partial charge in [-0.25, -0.2) is 0 Å². The second-order valence-electron chi connectivity index (χ2n) is 3.98. The van der Waals surface area contributed by atoms with Gasteiger partial charge in [0.25, 0.3) is 0 Å². The molecule has 2 rings (SSSR count). The molecule has 1 aliphatic carbocycles. The molecular formula is C11H15BrN2. The van der Waals surface area contributed by atoms with Gasteiger partial charge in [-0.2, -0.15) is 0 Å². The highest BCUT2D eigenvalue weighted by molar-refractivity contribution is 9.10. The lowest BCUT2D eigenvalue weighted by atomic mass is 9.98. The lowest BCUT2D eigenvalue weighted by molar-refractivity contribution is 0.494. The van der Waals surface area contributed by atoms with Crippen molar-refractivity contribution in [3.63, 3.8) is 0 Å². The Morgan fingerprint density at radius 2 is 2.21 bits per heavy atom. The molecule has 1 unspecified atom stereocenters. The van der Waals surface area contributed by atoms with E-state index in [4.69, 9.17) is 5.84 Å². The van der Waals surface area contributed by atoms with Crippen molar-refractivity contribution in [1.82, 2.24) is 5.43 Å². The van der Waals surface area contributed by atoms with Crippen LogP contribution in [0.5, 0.6) is 0 Å². The summed E-state index contributed by atoms with van der Waals surface area (Å²) in [5, 5.41) is 0. The molecule has 2 nitrogen and oxygen atoms in total. The van der Waals surface area contributed by atoms with Gasteiger partial charge in [-0.3, -0.25) is 11.3 Å². The van der Waals surface area contributed by atoms with Gasteiger partial charge in [-0.1, -0.05) is 22.0 Å². The highest BCUT2D eigenvalue weighted by Crippen LogP contribution is 2.41. The van der Waals surface area contributed by atoms with Crippen LogP contribution in [0.2, 0.25) is 0 Å². The lowest BCUT2D eigenvalue weighted by Crippen LogP contribution is -2.29. The maximum absolute atomic E-state index is 5.60. The van der Waals surface area contributed by atoms with E-state index >= 15 is 0 Å². The molecule has 1 fully saturated rings. The summed E-state index contributed by atoms with van der Waals surface area (Å²) < 4.78 is 1.12. The Bertz CT molecular complexity index is 334. The molecule has 0 amide bonds. The van der Waals surface area contributed by atoms with Crippen molar-refractivity contribution in [2.45, 2.75) is 25.8 Å². The van der Waals surface area contributed by atoms with Gasteiger partial charge in [-0.15, -0.1) is 0 Å². The molecule has 0 aliphatic heterocycles. The molecule has 0 aromatic heterocycles. The summed E-state index contributed by atoms with van der Waals surface area (Å²) >= 11 is 3.49. The van der Waals surface area contributed by atoms with Crippen molar-refractivity contribution in [2.75, 3.05) is 0 Å². The van der Waals surface area contributed by atoms with Crippen molar-refractivity contribution in [2.24, 2.45) is 11.8 Å². The molecular weight excluding hydrogens is 240 g/mol. The molecule has 0 bridgehead atoms. The maximum atomic E-state index is 5.60. The molecule has 1 atom stereocenters. The Morgan fingerprint density at radius 3 is 2.79 bits per heavy atom. The monoisotopic (exact) mass is 254 g/mol. The smallest absolute Gasteiger partial charge is 0.0491 e. The normalized spacial score (nSPS) is 18.2. The van der Waals surface area contributed by atoms with E-state index in [2.05, 4.69) is 46.5 Å². The molecule has 76 valence electrons. The predicted octanol–water partition coefficient (Wildman–Crippen LogP) is 2.67. The van der Waals surface area contributed by atoms with E-state index in [0.717, 1.165) is 10.4 Å². The first-order chi connectivity index (χ1) is 6.72. The number of halogens is 1. The summed E-state index contributed by atoms with van der Waals surface area (Å²) in [5.41, 5.74) is 5.56. The minimum Gasteiger partial charge on any atom is -0.271 e. The first-order valence-corrected chi connectivity index (χ1v) is 5.74. The van der Waals surface area contributed by atoms with E-state index in [1.54, 1.807) is 0 Å². The van der Waals surface area contributed by atoms with Crippen LogP contribution in [0.15, 0.2) is 22.7 Å². The third-order valence-electron chi connectivity index (χ3n) is 2.85. The minimum atomic E-state index is 0.326. The van der Waals surface area contributed by atoms with Crippen molar-refractivity contribution in [1.29, 1.82) is 0 Å². The fourth-order valence-electron chi connectivity index (χ4n) is 1.86. The maximum Gasteiger partial charge on any atom is 0.0491 e. The molecule has 1 aliphatic rings. The van der Waals surface area contributed by atoms with Crippen LogP contribution in [0.3, 0.4) is 0 Å². The molecule has 3 heteroatoms. The number of benzene rings is 1. The van der Waals surface area contributed by atoms with Gasteiger partial charge in [0, 0.05) is 10.5 Å². The Morgan fingerprint density at radius 1 is 1.50 bits per heavy atom. The van der Waals surface area contributed by atoms with Crippen LogP contribution in [0.25, 0.3) is 0 Å². The number of hydrazine groups is 1. The van der Waals surface area contributed by atoms with Crippen LogP contribution in [-0.4, -0.2) is 0 Å². The first kappa shape index (κ1) is 10.1. The largest absolute Gasteiger partial charge is 0.271 e. The second-order valence-corrected chi connectivity index (χ2v) is 4.90. The van der Waals surface area contributed by atoms with E-state index in [1.807, 2.05) is 0 Å². The van der Waals surface area contributed by atoms with E-state index in [0.29, 0.717) is 6.04 Å². The number of hydrogen-bond donors (Lipinski definition) is 2. The van der Waals surface area contributed by atoms with Gasteiger partial charge in [-0.05, 0) is 48.9 Å². The number of rotatable bonds is 3. The van der Waals surface area contributed by atoms with E-state index < -0.39 is 0 Å². The van der Waals surface area contributed by atoms with Crippen LogP contribution in [0.1, 0.15) is 30.0 Å². The molecule has 1 aromatic carbocycles. The Labute approximate surface area is 93.0 Å². The van der Waals surface area contributed by atoms with E-state index in [1.165, 1.54) is 24.0 Å². The van der Waals surface area contributed by atoms with Gasteiger partial charge in [0.2, 0.25) is 0 Å². The summed E-state index contributed by atoms with van der Waals surface area (Å²) in [6.07, 6.45) is 2.58. The predicted molar refractivity (Wildman–Crippen MR) is 61.7 cm³/mol. The molecule has 0 saturated heterocycles. The van der Waals surface area contributed by atoms with Crippen LogP contribution in [0.4, 0.5) is 0 Å². The van der Waals surface area contributed by atoms with Gasteiger partial charge in [0.15, 0.2) is 0 Å². The summed E-state index contributed by atoms with van der Waals surface area (Å²) in [6, 6.07) is 6.69. The Balaban J connectivity index is 2.32. The molecule has 0 heterocycles. The second kappa shape index (κ2) is 4.01. The summed E-state index contributed by atoms with van der Waals surface area (Å²) in [7, 11) is 0. The van der Waals surface area contributed by atoms with E-state index in [-0.39, 0.29) is 0 Å². The topological polar surface area (TPSA) is 38.0 Å². The van der Waals surface area contributed by atoms with E-state index in [9.17, 15) is 0 Å². The van der Waals surface area contributed by atoms with Crippen molar-refractivity contribution in [3.05, 3.63) is 33.8 Å². The number of hydrogen-bond acceptors (Lipinski definition) is 2. The molecule has 3 N–H and O–H groups in total. The van der Waals surface area contributed by atoms with Crippen LogP contribution in [0, 0.1) is 12.8 Å². The minimum absolute atomic E-state index is 0.326. The Kier molecular flexibility index (Phi) is 2.91. The first-order valence-electron chi connectivity index (χ1n) is 4.94. The highest BCUT2D eigenvalue weighted by atomic mass is 79.9. The third kappa shape index (κ3) is 2.00. The SMILES string of the molecule is Cc1ccc(Br)cc1C(NN)C1CC1. The summed E-state index contributed by atoms with van der Waals surface area (Å²) in [4.78, 5) is 0. The average molecular weight is 255 g/mol. The number of nitrogens with one attached hydrogen (secondary N) is 1. The molecule has 1 aromatic rings. The fourth-order valence-corrected chi connectivity index (χ4v) is 2.23. The molecule has 14 heavy (non-hydrogen) atoms. The quantitative estimate of drug-likeness (QED) is 0.643. The van der Waals surface area contributed by atoms with Gasteiger partial charge >= 0.3 is 0 Å². The van der Waals surface area contributed by atoms with Crippen LogP contribution in [-0.2, 0) is 0 Å². The van der Waals surface area contributed by atoms with Crippen molar-refractivity contribution < 1.29 is 0 Å². The lowest BCUT2D eigenvalue weighted by Gasteiger charge is -2.18. The number of aryl methyl sites for hydroxylation is 1. The van der Waals surface area contributed by atoms with Gasteiger partial charge in [0.1, 0.15) is 0 Å². The van der Waals surface area contributed by atoms with Crippen LogP contribution >= 0.6 is 15.9 Å². The highest BCUT2D eigenvalue weighted by Gasteiger charge is 2.32. The van der Waals surface area contributed by atoms with Gasteiger partial charge in [0.05, 0.1) is 0 Å². The zero-order valence-corrected chi connectivity index (χ0v) is 9.84. The number of nitrogens with two attached hydrogens (primary N) is 1. The zero-order chi connectivity index (χ0) is 10.1. The molecule has 1 saturated carbocycles. The summed E-state index contributed by atoms with van der Waals surface area (Å²) in [5.74, 6) is 6.33. The standard InChI is InChI=1S/C11H15BrN2/c1-7-2-5-9(12)6-10(7)11(14-13)8-3-4-8/h2,5-6,8,11,14H,3-4,13H2,1H3. The molecule has 0 radical (unpaired) electrons. The third-order valence-corrected chi connectivity index (χ3v) is 3.34. The average Bonchev–Trinajstić information content (AvgIpc) is 2.96. The Hall–Kier alpha value is -0.380.